The molecule has 4 rings (SSSR count). The molecule has 2 aliphatic rings. The average Bonchev–Trinajstić information content (AvgIpc) is 3.28. The molecule has 152 valence electrons. The zero-order valence-corrected chi connectivity index (χ0v) is 17.2. The van der Waals surface area contributed by atoms with Crippen LogP contribution in [0.5, 0.6) is 0 Å². The maximum atomic E-state index is 12.4. The number of hydrogen-bond donors (Lipinski definition) is 2. The number of ether oxygens (including phenoxy) is 1. The number of rotatable bonds is 5. The van der Waals surface area contributed by atoms with Gasteiger partial charge < -0.3 is 15.8 Å². The number of thiophene rings is 1. The lowest BCUT2D eigenvalue weighted by Gasteiger charge is -2.18. The fraction of sp³-hybridized carbons (Fsp3) is 0.409. The van der Waals surface area contributed by atoms with Crippen molar-refractivity contribution in [2.45, 2.75) is 45.4 Å². The minimum absolute atomic E-state index is 0.398. The Morgan fingerprint density at radius 2 is 2.00 bits per heavy atom. The number of benzene rings is 1. The van der Waals surface area contributed by atoms with E-state index in [9.17, 15) is 14.4 Å². The van der Waals surface area contributed by atoms with Gasteiger partial charge in [0, 0.05) is 4.88 Å². The Labute approximate surface area is 173 Å². The van der Waals surface area contributed by atoms with Crippen LogP contribution in [0.1, 0.15) is 62.0 Å². The second-order valence-electron chi connectivity index (χ2n) is 7.88. The topological polar surface area (TPSA) is 98.5 Å². The van der Waals surface area contributed by atoms with E-state index in [1.807, 2.05) is 12.1 Å². The van der Waals surface area contributed by atoms with Gasteiger partial charge in [-0.2, -0.15) is 0 Å². The highest BCUT2D eigenvalue weighted by Gasteiger charge is 2.27. The third kappa shape index (κ3) is 4.05. The Morgan fingerprint density at radius 3 is 2.79 bits per heavy atom. The van der Waals surface area contributed by atoms with Crippen molar-refractivity contribution in [3.05, 3.63) is 50.9 Å². The summed E-state index contributed by atoms with van der Waals surface area (Å²) in [6, 6.07) is 5.54. The SMILES string of the molecule is C[C@@H]1CCc2c(sc(NC(=O)COC(=O)c3ccc4c(c3)CCC4)c2C(N)=O)C1. The normalized spacial score (nSPS) is 17.3. The number of esters is 1. The van der Waals surface area contributed by atoms with Crippen molar-refractivity contribution in [3.63, 3.8) is 0 Å². The minimum Gasteiger partial charge on any atom is -0.452 e. The quantitative estimate of drug-likeness (QED) is 0.737. The number of carbonyl (C=O) groups excluding carboxylic acids is 3. The number of carbonyl (C=O) groups is 3. The lowest BCUT2D eigenvalue weighted by Crippen LogP contribution is -2.23. The van der Waals surface area contributed by atoms with Gasteiger partial charge in [0.1, 0.15) is 5.00 Å². The molecule has 0 aliphatic heterocycles. The Bertz CT molecular complexity index is 995. The minimum atomic E-state index is -0.539. The Balaban J connectivity index is 1.41. The number of nitrogens with one attached hydrogen (secondary N) is 1. The van der Waals surface area contributed by atoms with Gasteiger partial charge in [-0.05, 0) is 73.3 Å². The summed E-state index contributed by atoms with van der Waals surface area (Å²) < 4.78 is 5.18. The van der Waals surface area contributed by atoms with Crippen molar-refractivity contribution >= 4 is 34.1 Å². The molecule has 7 heteroatoms. The molecule has 3 N–H and O–H groups in total. The number of amides is 2. The summed E-state index contributed by atoms with van der Waals surface area (Å²) in [4.78, 5) is 37.7. The molecule has 0 unspecified atom stereocenters. The summed E-state index contributed by atoms with van der Waals surface area (Å²) in [6.45, 7) is 1.76. The smallest absolute Gasteiger partial charge is 0.338 e. The van der Waals surface area contributed by atoms with Crippen LogP contribution in [-0.4, -0.2) is 24.4 Å². The van der Waals surface area contributed by atoms with E-state index >= 15 is 0 Å². The predicted molar refractivity (Wildman–Crippen MR) is 111 cm³/mol. The van der Waals surface area contributed by atoms with Crippen LogP contribution in [-0.2, 0) is 35.2 Å². The molecule has 0 spiro atoms. The second-order valence-corrected chi connectivity index (χ2v) is 8.99. The van der Waals surface area contributed by atoms with E-state index in [2.05, 4.69) is 12.2 Å². The lowest BCUT2D eigenvalue weighted by atomic mass is 9.88. The van der Waals surface area contributed by atoms with Gasteiger partial charge in [-0.25, -0.2) is 4.79 Å². The molecule has 0 saturated carbocycles. The van der Waals surface area contributed by atoms with E-state index < -0.39 is 24.4 Å². The van der Waals surface area contributed by atoms with Crippen LogP contribution < -0.4 is 11.1 Å². The first-order valence-corrected chi connectivity index (χ1v) is 10.8. The van der Waals surface area contributed by atoms with Crippen molar-refractivity contribution < 1.29 is 19.1 Å². The molecule has 1 atom stereocenters. The number of hydrogen-bond acceptors (Lipinski definition) is 5. The molecule has 0 bridgehead atoms. The molecule has 0 fully saturated rings. The monoisotopic (exact) mass is 412 g/mol. The first-order valence-electron chi connectivity index (χ1n) is 9.95. The van der Waals surface area contributed by atoms with Crippen LogP contribution in [0.15, 0.2) is 18.2 Å². The largest absolute Gasteiger partial charge is 0.452 e. The van der Waals surface area contributed by atoms with E-state index in [0.717, 1.165) is 49.0 Å². The number of fused-ring (bicyclic) bond motifs is 2. The predicted octanol–water partition coefficient (Wildman–Crippen LogP) is 3.26. The first kappa shape index (κ1) is 19.6. The highest BCUT2D eigenvalue weighted by molar-refractivity contribution is 7.17. The fourth-order valence-electron chi connectivity index (χ4n) is 4.18. The molecule has 6 nitrogen and oxygen atoms in total. The standard InChI is InChI=1S/C22H24N2O4S/c1-12-5-8-16-17(9-12)29-21(19(16)20(23)26)24-18(25)11-28-22(27)15-7-6-13-3-2-4-14(13)10-15/h6-7,10,12H,2-5,8-9,11H2,1H3,(H2,23,26)(H,24,25)/t12-/m1/s1. The summed E-state index contributed by atoms with van der Waals surface area (Å²) in [7, 11) is 0. The molecule has 29 heavy (non-hydrogen) atoms. The van der Waals surface area contributed by atoms with Gasteiger partial charge in [-0.15, -0.1) is 11.3 Å². The summed E-state index contributed by atoms with van der Waals surface area (Å²) in [5.74, 6) is -1.00. The van der Waals surface area contributed by atoms with Crippen LogP contribution in [0.25, 0.3) is 0 Å². The number of primary amides is 1. The second kappa shape index (κ2) is 7.99. The van der Waals surface area contributed by atoms with Crippen LogP contribution in [0, 0.1) is 5.92 Å². The summed E-state index contributed by atoms with van der Waals surface area (Å²) in [5.41, 5.74) is 9.82. The van der Waals surface area contributed by atoms with Crippen molar-refractivity contribution in [2.24, 2.45) is 11.7 Å². The number of aryl methyl sites for hydroxylation is 2. The van der Waals surface area contributed by atoms with Gasteiger partial charge >= 0.3 is 5.97 Å². The molecule has 0 saturated heterocycles. The zero-order chi connectivity index (χ0) is 20.5. The van der Waals surface area contributed by atoms with Crippen LogP contribution in [0.2, 0.25) is 0 Å². The lowest BCUT2D eigenvalue weighted by molar-refractivity contribution is -0.119. The molecule has 0 radical (unpaired) electrons. The van der Waals surface area contributed by atoms with E-state index in [-0.39, 0.29) is 0 Å². The molecule has 1 aromatic carbocycles. The van der Waals surface area contributed by atoms with E-state index in [4.69, 9.17) is 10.5 Å². The van der Waals surface area contributed by atoms with Gasteiger partial charge in [0.25, 0.3) is 11.8 Å². The molecule has 1 aromatic heterocycles. The van der Waals surface area contributed by atoms with Crippen molar-refractivity contribution in [1.82, 2.24) is 0 Å². The van der Waals surface area contributed by atoms with Crippen LogP contribution >= 0.6 is 11.3 Å². The van der Waals surface area contributed by atoms with Crippen LogP contribution in [0.4, 0.5) is 5.00 Å². The van der Waals surface area contributed by atoms with Gasteiger partial charge in [0.15, 0.2) is 6.61 Å². The van der Waals surface area contributed by atoms with Crippen molar-refractivity contribution in [2.75, 3.05) is 11.9 Å². The average molecular weight is 413 g/mol. The molecule has 1 heterocycles. The van der Waals surface area contributed by atoms with E-state index in [1.54, 1.807) is 6.07 Å². The summed E-state index contributed by atoms with van der Waals surface area (Å²) >= 11 is 1.39. The first-order chi connectivity index (χ1) is 13.9. The Morgan fingerprint density at radius 1 is 1.21 bits per heavy atom. The van der Waals surface area contributed by atoms with Crippen molar-refractivity contribution in [3.8, 4) is 0 Å². The third-order valence-corrected chi connectivity index (χ3v) is 6.85. The molecule has 2 amide bonds. The third-order valence-electron chi connectivity index (χ3n) is 5.68. The highest BCUT2D eigenvalue weighted by Crippen LogP contribution is 2.39. The fourth-order valence-corrected chi connectivity index (χ4v) is 5.61. The van der Waals surface area contributed by atoms with Gasteiger partial charge in [-0.1, -0.05) is 13.0 Å². The maximum absolute atomic E-state index is 12.4. The summed E-state index contributed by atoms with van der Waals surface area (Å²) in [6.07, 6.45) is 5.77. The van der Waals surface area contributed by atoms with E-state index in [1.165, 1.54) is 22.5 Å². The van der Waals surface area contributed by atoms with Gasteiger partial charge in [-0.3, -0.25) is 9.59 Å². The highest BCUT2D eigenvalue weighted by atomic mass is 32.1. The Hall–Kier alpha value is -2.67. The van der Waals surface area contributed by atoms with Crippen molar-refractivity contribution in [1.29, 1.82) is 0 Å². The molecular formula is C22H24N2O4S. The van der Waals surface area contributed by atoms with Gasteiger partial charge in [0.05, 0.1) is 11.1 Å². The number of nitrogens with two attached hydrogens (primary N) is 1. The molecule has 2 aliphatic carbocycles. The van der Waals surface area contributed by atoms with Gasteiger partial charge in [0.2, 0.25) is 0 Å². The van der Waals surface area contributed by atoms with Crippen LogP contribution in [0.3, 0.4) is 0 Å². The number of anilines is 1. The Kier molecular flexibility index (Phi) is 5.41. The maximum Gasteiger partial charge on any atom is 0.338 e. The molecule has 2 aromatic rings. The van der Waals surface area contributed by atoms with E-state index in [0.29, 0.717) is 22.0 Å². The molecular weight excluding hydrogens is 388 g/mol. The zero-order valence-electron chi connectivity index (χ0n) is 16.4. The summed E-state index contributed by atoms with van der Waals surface area (Å²) in [5, 5.41) is 3.17.